The smallest absolute Gasteiger partial charge is 0.249 e. The Bertz CT molecular complexity index is 585. The Morgan fingerprint density at radius 3 is 3.06 bits per heavy atom. The fourth-order valence-corrected chi connectivity index (χ4v) is 2.07. The summed E-state index contributed by atoms with van der Waals surface area (Å²) in [5.41, 5.74) is 1.94. The van der Waals surface area contributed by atoms with Gasteiger partial charge in [-0.3, -0.25) is 9.69 Å². The summed E-state index contributed by atoms with van der Waals surface area (Å²) in [4.78, 5) is 17.9. The highest BCUT2D eigenvalue weighted by atomic mass is 16.2. The van der Waals surface area contributed by atoms with Crippen LogP contribution in [0.2, 0.25) is 0 Å². The molecule has 3 rings (SSSR count). The van der Waals surface area contributed by atoms with Crippen LogP contribution in [-0.2, 0) is 11.3 Å². The molecule has 1 aromatic carbocycles. The average molecular weight is 213 g/mol. The molecule has 0 radical (unpaired) electrons. The molecule has 4 heteroatoms. The van der Waals surface area contributed by atoms with Crippen molar-refractivity contribution in [3.05, 3.63) is 36.9 Å². The van der Waals surface area contributed by atoms with E-state index >= 15 is 0 Å². The molecule has 0 fully saturated rings. The lowest BCUT2D eigenvalue weighted by Crippen LogP contribution is -2.27. The number of anilines is 1. The summed E-state index contributed by atoms with van der Waals surface area (Å²) in [6.45, 7) is 4.55. The summed E-state index contributed by atoms with van der Waals surface area (Å²) < 4.78 is 1.95. The van der Waals surface area contributed by atoms with Gasteiger partial charge in [0.05, 0.1) is 11.0 Å². The van der Waals surface area contributed by atoms with Gasteiger partial charge < -0.3 is 4.57 Å². The standard InChI is InChI=1S/C12H11N3O/c1-2-7-14-11(16)8-15-10-6-4-3-5-9(10)13-12(14)15/h2-6H,1,7-8H2. The first-order chi connectivity index (χ1) is 7.81. The molecular weight excluding hydrogens is 202 g/mol. The monoisotopic (exact) mass is 213 g/mol. The van der Waals surface area contributed by atoms with Gasteiger partial charge in [-0.25, -0.2) is 4.98 Å². The molecular formula is C12H11N3O. The molecule has 0 spiro atoms. The van der Waals surface area contributed by atoms with Crippen molar-refractivity contribution in [1.29, 1.82) is 0 Å². The van der Waals surface area contributed by atoms with Crippen LogP contribution in [0.5, 0.6) is 0 Å². The summed E-state index contributed by atoms with van der Waals surface area (Å²) in [7, 11) is 0. The maximum Gasteiger partial charge on any atom is 0.249 e. The molecule has 1 aliphatic heterocycles. The number of carbonyl (C=O) groups is 1. The lowest BCUT2D eigenvalue weighted by Gasteiger charge is -2.09. The van der Waals surface area contributed by atoms with E-state index in [0.717, 1.165) is 17.0 Å². The van der Waals surface area contributed by atoms with Crippen molar-refractivity contribution in [1.82, 2.24) is 9.55 Å². The zero-order valence-electron chi connectivity index (χ0n) is 8.76. The minimum Gasteiger partial charge on any atom is -0.300 e. The lowest BCUT2D eigenvalue weighted by atomic mass is 10.3. The zero-order chi connectivity index (χ0) is 11.1. The fourth-order valence-electron chi connectivity index (χ4n) is 2.07. The van der Waals surface area contributed by atoms with Gasteiger partial charge in [-0.05, 0) is 12.1 Å². The van der Waals surface area contributed by atoms with Gasteiger partial charge in [-0.1, -0.05) is 18.2 Å². The van der Waals surface area contributed by atoms with Crippen molar-refractivity contribution in [3.63, 3.8) is 0 Å². The van der Waals surface area contributed by atoms with Crippen LogP contribution in [-0.4, -0.2) is 22.0 Å². The first-order valence-corrected chi connectivity index (χ1v) is 5.18. The molecule has 80 valence electrons. The van der Waals surface area contributed by atoms with E-state index in [9.17, 15) is 4.79 Å². The number of hydrogen-bond acceptors (Lipinski definition) is 2. The normalized spacial score (nSPS) is 14.5. The van der Waals surface area contributed by atoms with Crippen LogP contribution in [0.15, 0.2) is 36.9 Å². The van der Waals surface area contributed by atoms with E-state index < -0.39 is 0 Å². The van der Waals surface area contributed by atoms with Gasteiger partial charge in [0.25, 0.3) is 0 Å². The Morgan fingerprint density at radius 1 is 1.44 bits per heavy atom. The molecule has 0 aliphatic carbocycles. The van der Waals surface area contributed by atoms with Gasteiger partial charge in [-0.15, -0.1) is 6.58 Å². The number of fused-ring (bicyclic) bond motifs is 3. The lowest BCUT2D eigenvalue weighted by molar-refractivity contribution is -0.117. The molecule has 0 atom stereocenters. The maximum absolute atomic E-state index is 11.7. The summed E-state index contributed by atoms with van der Waals surface area (Å²) in [6.07, 6.45) is 1.72. The summed E-state index contributed by atoms with van der Waals surface area (Å²) in [6, 6.07) is 7.84. The van der Waals surface area contributed by atoms with Crippen LogP contribution >= 0.6 is 0 Å². The van der Waals surface area contributed by atoms with Gasteiger partial charge >= 0.3 is 0 Å². The highest BCUT2D eigenvalue weighted by molar-refractivity contribution is 5.99. The van der Waals surface area contributed by atoms with E-state index in [1.165, 1.54) is 0 Å². The van der Waals surface area contributed by atoms with Crippen molar-refractivity contribution in [2.24, 2.45) is 0 Å². The van der Waals surface area contributed by atoms with E-state index in [2.05, 4.69) is 11.6 Å². The zero-order valence-corrected chi connectivity index (χ0v) is 8.76. The van der Waals surface area contributed by atoms with Crippen molar-refractivity contribution in [2.75, 3.05) is 11.4 Å². The Hall–Kier alpha value is -2.10. The third-order valence-electron chi connectivity index (χ3n) is 2.78. The van der Waals surface area contributed by atoms with Gasteiger partial charge in [-0.2, -0.15) is 0 Å². The fraction of sp³-hybridized carbons (Fsp3) is 0.167. The number of imidazole rings is 1. The molecule has 4 nitrogen and oxygen atoms in total. The number of carbonyl (C=O) groups excluding carboxylic acids is 1. The van der Waals surface area contributed by atoms with Crippen LogP contribution in [0.3, 0.4) is 0 Å². The number of para-hydroxylation sites is 2. The Kier molecular flexibility index (Phi) is 1.83. The summed E-state index contributed by atoms with van der Waals surface area (Å²) in [5.74, 6) is 0.805. The molecule has 1 aliphatic rings. The topological polar surface area (TPSA) is 38.1 Å². The number of hydrogen-bond donors (Lipinski definition) is 0. The predicted molar refractivity (Wildman–Crippen MR) is 62.3 cm³/mol. The minimum absolute atomic E-state index is 0.0770. The van der Waals surface area contributed by atoms with Crippen LogP contribution in [0.1, 0.15) is 0 Å². The second-order valence-electron chi connectivity index (χ2n) is 3.78. The molecule has 0 bridgehead atoms. The number of rotatable bonds is 2. The molecule has 0 N–H and O–H groups in total. The first kappa shape index (κ1) is 9.15. The molecule has 1 aromatic heterocycles. The highest BCUT2D eigenvalue weighted by Gasteiger charge is 2.29. The molecule has 2 aromatic rings. The first-order valence-electron chi connectivity index (χ1n) is 5.18. The van der Waals surface area contributed by atoms with Crippen molar-refractivity contribution in [3.8, 4) is 0 Å². The van der Waals surface area contributed by atoms with Crippen LogP contribution in [0.25, 0.3) is 11.0 Å². The molecule has 16 heavy (non-hydrogen) atoms. The van der Waals surface area contributed by atoms with Gasteiger partial charge in [0.15, 0.2) is 0 Å². The highest BCUT2D eigenvalue weighted by Crippen LogP contribution is 2.27. The largest absolute Gasteiger partial charge is 0.300 e. The SMILES string of the molecule is C=CCN1C(=O)Cn2c1nc1ccccc12. The van der Waals surface area contributed by atoms with Crippen molar-refractivity contribution < 1.29 is 4.79 Å². The number of nitrogens with zero attached hydrogens (tertiary/aromatic N) is 3. The maximum atomic E-state index is 11.7. The van der Waals surface area contributed by atoms with Crippen LogP contribution < -0.4 is 4.90 Å². The minimum atomic E-state index is 0.0770. The quantitative estimate of drug-likeness (QED) is 0.710. The van der Waals surface area contributed by atoms with E-state index in [1.54, 1.807) is 11.0 Å². The Labute approximate surface area is 92.8 Å². The molecule has 0 saturated carbocycles. The second-order valence-corrected chi connectivity index (χ2v) is 3.78. The van der Waals surface area contributed by atoms with Gasteiger partial charge in [0.2, 0.25) is 11.9 Å². The molecule has 0 unspecified atom stereocenters. The number of benzene rings is 1. The Morgan fingerprint density at radius 2 is 2.25 bits per heavy atom. The van der Waals surface area contributed by atoms with Crippen LogP contribution in [0, 0.1) is 0 Å². The van der Waals surface area contributed by atoms with Gasteiger partial charge in [0, 0.05) is 6.54 Å². The van der Waals surface area contributed by atoms with Crippen LogP contribution in [0.4, 0.5) is 5.95 Å². The van der Waals surface area contributed by atoms with Gasteiger partial charge in [0.1, 0.15) is 6.54 Å². The molecule has 1 amide bonds. The second kappa shape index (κ2) is 3.20. The third kappa shape index (κ3) is 1.10. The van der Waals surface area contributed by atoms with E-state index in [-0.39, 0.29) is 5.91 Å². The predicted octanol–water partition coefficient (Wildman–Crippen LogP) is 1.57. The van der Waals surface area contributed by atoms with E-state index in [1.807, 2.05) is 28.8 Å². The number of aromatic nitrogens is 2. The summed E-state index contributed by atoms with van der Waals surface area (Å²) >= 11 is 0. The van der Waals surface area contributed by atoms with E-state index in [0.29, 0.717) is 13.1 Å². The summed E-state index contributed by atoms with van der Waals surface area (Å²) in [5, 5.41) is 0. The molecule has 2 heterocycles. The Balaban J connectivity index is 2.21. The third-order valence-corrected chi connectivity index (χ3v) is 2.78. The number of amides is 1. The van der Waals surface area contributed by atoms with Crippen molar-refractivity contribution >= 4 is 22.9 Å². The molecule has 0 saturated heterocycles. The van der Waals surface area contributed by atoms with E-state index in [4.69, 9.17) is 0 Å². The van der Waals surface area contributed by atoms with Crippen molar-refractivity contribution in [2.45, 2.75) is 6.54 Å². The average Bonchev–Trinajstić information content (AvgIpc) is 2.78.